The normalized spacial score (nSPS) is 23.3. The van der Waals surface area contributed by atoms with Crippen molar-refractivity contribution in [2.75, 3.05) is 73.6 Å². The van der Waals surface area contributed by atoms with Crippen LogP contribution in [0.3, 0.4) is 0 Å². The number of benzene rings is 2. The molecule has 3 aromatic rings. The van der Waals surface area contributed by atoms with Gasteiger partial charge >= 0.3 is 0 Å². The Hall–Kier alpha value is -5.88. The third-order valence-electron chi connectivity index (χ3n) is 12.6. The van der Waals surface area contributed by atoms with Crippen molar-refractivity contribution in [2.24, 2.45) is 5.92 Å². The van der Waals surface area contributed by atoms with Crippen molar-refractivity contribution >= 4 is 52.5 Å². The predicted octanol–water partition coefficient (Wildman–Crippen LogP) is 3.44. The molecule has 1 unspecified atom stereocenters. The van der Waals surface area contributed by atoms with Crippen LogP contribution in [0.4, 0.5) is 23.0 Å². The second-order valence-electron chi connectivity index (χ2n) is 16.4. The first kappa shape index (κ1) is 39.0. The van der Waals surface area contributed by atoms with Gasteiger partial charge in [-0.1, -0.05) is 6.07 Å². The minimum absolute atomic E-state index is 0.0428. The highest BCUT2D eigenvalue weighted by Crippen LogP contribution is 2.32. The highest BCUT2D eigenvalue weighted by atomic mass is 16.2. The molecule has 8 rings (SSSR count). The monoisotopic (exact) mass is 786 g/mol. The fraction of sp³-hybridized carbons (Fsp3) is 0.488. The maximum absolute atomic E-state index is 13.5. The lowest BCUT2D eigenvalue weighted by atomic mass is 9.96. The zero-order valence-corrected chi connectivity index (χ0v) is 33.4. The van der Waals surface area contributed by atoms with Gasteiger partial charge in [-0.25, -0.2) is 14.8 Å². The molecule has 302 valence electrons. The predicted molar refractivity (Wildman–Crippen MR) is 218 cm³/mol. The van der Waals surface area contributed by atoms with Gasteiger partial charge in [0.15, 0.2) is 5.69 Å². The van der Waals surface area contributed by atoms with Gasteiger partial charge in [0, 0.05) is 101 Å². The van der Waals surface area contributed by atoms with Gasteiger partial charge in [0.1, 0.15) is 6.04 Å². The van der Waals surface area contributed by atoms with Crippen LogP contribution in [0.15, 0.2) is 48.8 Å². The summed E-state index contributed by atoms with van der Waals surface area (Å²) in [6.07, 6.45) is 6.16. The summed E-state index contributed by atoms with van der Waals surface area (Å²) in [4.78, 5) is 89.2. The Morgan fingerprint density at radius 2 is 1.53 bits per heavy atom. The lowest BCUT2D eigenvalue weighted by Gasteiger charge is -2.45. The van der Waals surface area contributed by atoms with Crippen LogP contribution in [-0.2, 0) is 20.8 Å². The van der Waals surface area contributed by atoms with E-state index in [2.05, 4.69) is 59.6 Å². The average molecular weight is 787 g/mol. The van der Waals surface area contributed by atoms with Crippen molar-refractivity contribution < 1.29 is 24.0 Å². The minimum atomic E-state index is -0.973. The largest absolute Gasteiger partial charge is 0.369 e. The lowest BCUT2D eigenvalue weighted by Crippen LogP contribution is -2.58. The summed E-state index contributed by atoms with van der Waals surface area (Å²) in [6.45, 7) is 21.0. The van der Waals surface area contributed by atoms with Crippen molar-refractivity contribution in [1.82, 2.24) is 30.0 Å². The number of carbonyl (C=O) groups excluding carboxylic acids is 5. The van der Waals surface area contributed by atoms with E-state index in [1.165, 1.54) is 0 Å². The molecule has 0 saturated carbocycles. The summed E-state index contributed by atoms with van der Waals surface area (Å²) in [5.41, 5.74) is 5.00. The first-order valence-electron chi connectivity index (χ1n) is 20.4. The van der Waals surface area contributed by atoms with E-state index in [0.29, 0.717) is 35.2 Å². The van der Waals surface area contributed by atoms with Gasteiger partial charge in [-0.15, -0.1) is 0 Å². The van der Waals surface area contributed by atoms with E-state index in [1.807, 2.05) is 30.0 Å². The number of amides is 5. The second kappa shape index (κ2) is 16.2. The number of rotatable bonds is 8. The number of hydrogen-bond donors (Lipinski definition) is 1. The number of nitrogens with zero attached hydrogens (tertiary/aromatic N) is 9. The number of nitrogens with one attached hydrogen (secondary N) is 1. The standard InChI is InChI=1S/C43H50N10O5/c1-27-19-33(6-8-36(27)44-4)51-24-29(3)52(25-28(51)2)39(55)20-31-22-45-43(46-23-31)50-13-11-30(12-14-50)26-48-15-17-49(18-16-48)32-5-7-34-35(21-32)42(58)53(41(34)57)37-9-10-38(54)47-40(37)56/h5-8,19,21-23,28-30,37H,9-18,20,24-26H2,1-3H3,(H,47,54,56)/t28-,29+,37?/m0/s1. The Balaban J connectivity index is 0.777. The van der Waals surface area contributed by atoms with Crippen molar-refractivity contribution in [3.05, 3.63) is 82.5 Å². The van der Waals surface area contributed by atoms with Crippen LogP contribution in [0, 0.1) is 19.4 Å². The van der Waals surface area contributed by atoms with Crippen molar-refractivity contribution in [2.45, 2.75) is 71.0 Å². The number of hydrogen-bond acceptors (Lipinski definition) is 11. The van der Waals surface area contributed by atoms with Crippen LogP contribution < -0.4 is 20.0 Å². The van der Waals surface area contributed by atoms with E-state index in [0.717, 1.165) is 92.6 Å². The number of piperazine rings is 2. The van der Waals surface area contributed by atoms with Crippen molar-refractivity contribution in [3.63, 3.8) is 0 Å². The van der Waals surface area contributed by atoms with Gasteiger partial charge in [-0.05, 0) is 87.4 Å². The van der Waals surface area contributed by atoms with Gasteiger partial charge in [-0.2, -0.15) is 0 Å². The summed E-state index contributed by atoms with van der Waals surface area (Å²) in [5, 5.41) is 2.24. The Bertz CT molecular complexity index is 2150. The van der Waals surface area contributed by atoms with Crippen LogP contribution in [0.25, 0.3) is 4.85 Å². The lowest BCUT2D eigenvalue weighted by molar-refractivity contribution is -0.136. The Kier molecular flexibility index (Phi) is 10.9. The molecule has 0 spiro atoms. The molecule has 15 heteroatoms. The molecule has 5 aliphatic rings. The number of carbonyl (C=O) groups is 5. The molecule has 0 aliphatic carbocycles. The summed E-state index contributed by atoms with van der Waals surface area (Å²) in [5.74, 6) is -0.631. The number of aryl methyl sites for hydroxylation is 1. The molecule has 0 bridgehead atoms. The molecule has 4 saturated heterocycles. The van der Waals surface area contributed by atoms with Gasteiger partial charge < -0.3 is 19.6 Å². The molecule has 4 fully saturated rings. The van der Waals surface area contributed by atoms with Crippen LogP contribution in [-0.4, -0.2) is 131 Å². The van der Waals surface area contributed by atoms with Crippen LogP contribution in [0.2, 0.25) is 0 Å². The van der Waals surface area contributed by atoms with E-state index in [-0.39, 0.29) is 37.3 Å². The molecule has 6 heterocycles. The van der Waals surface area contributed by atoms with E-state index in [4.69, 9.17) is 6.57 Å². The third kappa shape index (κ3) is 7.72. The van der Waals surface area contributed by atoms with Crippen LogP contribution in [0.1, 0.15) is 71.4 Å². The number of anilines is 3. The summed E-state index contributed by atoms with van der Waals surface area (Å²) >= 11 is 0. The van der Waals surface area contributed by atoms with Crippen LogP contribution in [0.5, 0.6) is 0 Å². The van der Waals surface area contributed by atoms with E-state index in [9.17, 15) is 24.0 Å². The second-order valence-corrected chi connectivity index (χ2v) is 16.4. The zero-order chi connectivity index (χ0) is 40.7. The number of aromatic nitrogens is 2. The molecule has 3 atom stereocenters. The van der Waals surface area contributed by atoms with Gasteiger partial charge in [0.25, 0.3) is 11.8 Å². The molecule has 5 amide bonds. The van der Waals surface area contributed by atoms with Crippen molar-refractivity contribution in [3.8, 4) is 0 Å². The van der Waals surface area contributed by atoms with Crippen LogP contribution >= 0.6 is 0 Å². The number of fused-ring (bicyclic) bond motifs is 1. The molecule has 1 aromatic heterocycles. The number of piperidine rings is 2. The quantitative estimate of drug-likeness (QED) is 0.265. The van der Waals surface area contributed by atoms with Gasteiger partial charge in [-0.3, -0.25) is 39.1 Å². The Labute approximate surface area is 338 Å². The Morgan fingerprint density at radius 3 is 2.22 bits per heavy atom. The molecular weight excluding hydrogens is 737 g/mol. The first-order valence-corrected chi connectivity index (χ1v) is 20.4. The van der Waals surface area contributed by atoms with Gasteiger partial charge in [0.05, 0.1) is 24.1 Å². The summed E-state index contributed by atoms with van der Waals surface area (Å²) in [7, 11) is 0. The minimum Gasteiger partial charge on any atom is -0.369 e. The molecule has 15 nitrogen and oxygen atoms in total. The maximum atomic E-state index is 13.5. The molecule has 2 aromatic carbocycles. The number of imide groups is 2. The van der Waals surface area contributed by atoms with Gasteiger partial charge in [0.2, 0.25) is 23.7 Å². The fourth-order valence-corrected chi connectivity index (χ4v) is 9.18. The van der Waals surface area contributed by atoms with Crippen molar-refractivity contribution in [1.29, 1.82) is 0 Å². The molecule has 1 N–H and O–H groups in total. The topological polar surface area (TPSA) is 147 Å². The molecular formula is C43H50N10O5. The molecule has 58 heavy (non-hydrogen) atoms. The van der Waals surface area contributed by atoms with E-state index in [1.54, 1.807) is 24.5 Å². The smallest absolute Gasteiger partial charge is 0.262 e. The molecule has 0 radical (unpaired) electrons. The Morgan fingerprint density at radius 1 is 0.828 bits per heavy atom. The zero-order valence-electron chi connectivity index (χ0n) is 33.4. The summed E-state index contributed by atoms with van der Waals surface area (Å²) < 4.78 is 0. The van der Waals surface area contributed by atoms with E-state index < -0.39 is 29.7 Å². The maximum Gasteiger partial charge on any atom is 0.262 e. The highest BCUT2D eigenvalue weighted by Gasteiger charge is 2.45. The third-order valence-corrected chi connectivity index (χ3v) is 12.6. The first-order chi connectivity index (χ1) is 28.0. The highest BCUT2D eigenvalue weighted by molar-refractivity contribution is 6.23. The SMILES string of the molecule is [C-]#[N+]c1ccc(N2C[C@@H](C)N(C(=O)Cc3cnc(N4CCC(CN5CCN(c6ccc7c(c6)C(=O)N(C6CCC(=O)NC6=O)C7=O)CC5)CC4)nc3)C[C@@H]2C)cc1C. The summed E-state index contributed by atoms with van der Waals surface area (Å²) in [6, 6.07) is 10.5. The fourth-order valence-electron chi connectivity index (χ4n) is 9.18. The van der Waals surface area contributed by atoms with E-state index >= 15 is 0 Å². The average Bonchev–Trinajstić information content (AvgIpc) is 3.47. The molecule has 5 aliphatic heterocycles.